The van der Waals surface area contributed by atoms with E-state index in [2.05, 4.69) is 27.7 Å². The summed E-state index contributed by atoms with van der Waals surface area (Å²) in [6.07, 6.45) is 6.22. The van der Waals surface area contributed by atoms with Crippen LogP contribution < -0.4 is 9.47 Å². The lowest BCUT2D eigenvalue weighted by molar-refractivity contribution is 0.171. The van der Waals surface area contributed by atoms with E-state index in [1.54, 1.807) is 0 Å². The molecule has 22 heavy (non-hydrogen) atoms. The molecular formula is C19H26O3. The van der Waals surface area contributed by atoms with E-state index in [0.29, 0.717) is 6.79 Å². The van der Waals surface area contributed by atoms with Gasteiger partial charge in [0.2, 0.25) is 6.79 Å². The summed E-state index contributed by atoms with van der Waals surface area (Å²) < 4.78 is 11.7. The number of aliphatic hydroxyl groups is 1. The third kappa shape index (κ3) is 2.41. The summed E-state index contributed by atoms with van der Waals surface area (Å²) in [7, 11) is 0. The quantitative estimate of drug-likeness (QED) is 0.863. The smallest absolute Gasteiger partial charge is 0.231 e. The molecule has 3 heteroatoms. The zero-order valence-electron chi connectivity index (χ0n) is 14.1. The Morgan fingerprint density at radius 2 is 2.00 bits per heavy atom. The molecule has 1 aliphatic carbocycles. The fourth-order valence-electron chi connectivity index (χ4n) is 3.95. The van der Waals surface area contributed by atoms with E-state index in [1.807, 2.05) is 6.08 Å². The first-order chi connectivity index (χ1) is 10.5. The number of allylic oxidation sites excluding steroid dienone is 1. The molecule has 1 aliphatic heterocycles. The molecule has 3 rings (SSSR count). The Morgan fingerprint density at radius 1 is 1.27 bits per heavy atom. The minimum Gasteiger partial charge on any atom is -0.453 e. The summed E-state index contributed by atoms with van der Waals surface area (Å²) in [5.41, 5.74) is 6.69. The first-order valence-corrected chi connectivity index (χ1v) is 8.16. The van der Waals surface area contributed by atoms with Crippen LogP contribution in [0.1, 0.15) is 55.9 Å². The van der Waals surface area contributed by atoms with Crippen molar-refractivity contribution in [3.05, 3.63) is 33.9 Å². The predicted molar refractivity (Wildman–Crippen MR) is 87.8 cm³/mol. The zero-order valence-corrected chi connectivity index (χ0v) is 14.1. The molecule has 3 nitrogen and oxygen atoms in total. The highest BCUT2D eigenvalue weighted by molar-refractivity contribution is 5.64. The van der Waals surface area contributed by atoms with E-state index in [9.17, 15) is 0 Å². The molecule has 0 atom stereocenters. The maximum absolute atomic E-state index is 9.11. The summed E-state index contributed by atoms with van der Waals surface area (Å²) in [6, 6.07) is 0. The van der Waals surface area contributed by atoms with Crippen molar-refractivity contribution >= 4 is 0 Å². The molecule has 0 amide bonds. The molecule has 1 heterocycles. The average Bonchev–Trinajstić information content (AvgIpc) is 2.91. The molecule has 0 saturated carbocycles. The minimum atomic E-state index is 0.0857. The highest BCUT2D eigenvalue weighted by atomic mass is 16.7. The number of fused-ring (bicyclic) bond motifs is 3. The largest absolute Gasteiger partial charge is 0.453 e. The first-order valence-electron chi connectivity index (χ1n) is 8.16. The number of aliphatic hydroxyl groups excluding tert-OH is 1. The molecular weight excluding hydrogens is 276 g/mol. The van der Waals surface area contributed by atoms with Gasteiger partial charge in [-0.25, -0.2) is 0 Å². The first kappa shape index (κ1) is 15.4. The molecule has 0 saturated heterocycles. The second-order valence-electron chi connectivity index (χ2n) is 7.17. The standard InChI is InChI=1S/C19H26O3/c1-12(7-9-20)10-15-13(2)14-6-5-8-19(3,4)16(14)18-17(15)21-11-22-18/h7,20H,5-6,8-11H2,1-4H3/b12-7-. The lowest BCUT2D eigenvalue weighted by Gasteiger charge is -2.35. The van der Waals surface area contributed by atoms with Gasteiger partial charge in [-0.1, -0.05) is 25.5 Å². The molecule has 0 radical (unpaired) electrons. The normalized spacial score (nSPS) is 19.2. The molecule has 1 aromatic rings. The SMILES string of the molecule is C/C(=C/CO)Cc1c(C)c2c(c3c1OCO3)C(C)(C)CCC2. The third-order valence-corrected chi connectivity index (χ3v) is 5.12. The summed E-state index contributed by atoms with van der Waals surface area (Å²) in [6.45, 7) is 9.29. The van der Waals surface area contributed by atoms with Gasteiger partial charge in [-0.15, -0.1) is 0 Å². The number of benzene rings is 1. The molecule has 2 aliphatic rings. The van der Waals surface area contributed by atoms with Gasteiger partial charge in [-0.3, -0.25) is 0 Å². The Balaban J connectivity index is 2.18. The average molecular weight is 302 g/mol. The number of hydrogen-bond acceptors (Lipinski definition) is 3. The van der Waals surface area contributed by atoms with Gasteiger partial charge in [0.05, 0.1) is 6.61 Å². The monoisotopic (exact) mass is 302 g/mol. The van der Waals surface area contributed by atoms with Crippen LogP contribution in [0.25, 0.3) is 0 Å². The maximum atomic E-state index is 9.11. The third-order valence-electron chi connectivity index (χ3n) is 5.12. The van der Waals surface area contributed by atoms with Gasteiger partial charge >= 0.3 is 0 Å². The van der Waals surface area contributed by atoms with Gasteiger partial charge in [-0.2, -0.15) is 0 Å². The van der Waals surface area contributed by atoms with E-state index in [-0.39, 0.29) is 12.0 Å². The van der Waals surface area contributed by atoms with Crippen LogP contribution in [0, 0.1) is 6.92 Å². The van der Waals surface area contributed by atoms with Crippen molar-refractivity contribution in [1.29, 1.82) is 0 Å². The van der Waals surface area contributed by atoms with Crippen molar-refractivity contribution in [2.24, 2.45) is 0 Å². The Bertz CT molecular complexity index is 623. The molecule has 0 spiro atoms. The number of hydrogen-bond donors (Lipinski definition) is 1. The van der Waals surface area contributed by atoms with Gasteiger partial charge in [0.25, 0.3) is 0 Å². The fraction of sp³-hybridized carbons (Fsp3) is 0.579. The highest BCUT2D eigenvalue weighted by Crippen LogP contribution is 2.51. The van der Waals surface area contributed by atoms with E-state index >= 15 is 0 Å². The molecule has 0 aromatic heterocycles. The molecule has 0 fully saturated rings. The Morgan fingerprint density at radius 3 is 2.73 bits per heavy atom. The van der Waals surface area contributed by atoms with E-state index in [1.165, 1.54) is 40.7 Å². The lowest BCUT2D eigenvalue weighted by atomic mass is 9.70. The van der Waals surface area contributed by atoms with Gasteiger partial charge in [0.1, 0.15) is 0 Å². The second kappa shape index (κ2) is 5.62. The molecule has 120 valence electrons. The van der Waals surface area contributed by atoms with Crippen LogP contribution in [0.5, 0.6) is 11.5 Å². The Hall–Kier alpha value is -1.48. The maximum Gasteiger partial charge on any atom is 0.231 e. The van der Waals surface area contributed by atoms with Crippen molar-refractivity contribution < 1.29 is 14.6 Å². The fourth-order valence-corrected chi connectivity index (χ4v) is 3.95. The van der Waals surface area contributed by atoms with E-state index in [0.717, 1.165) is 24.3 Å². The van der Waals surface area contributed by atoms with Crippen LogP contribution in [-0.4, -0.2) is 18.5 Å². The number of rotatable bonds is 3. The molecule has 0 bridgehead atoms. The van der Waals surface area contributed by atoms with Gasteiger partial charge in [-0.05, 0) is 56.1 Å². The Kier molecular flexibility index (Phi) is 3.94. The minimum absolute atomic E-state index is 0.0857. The number of ether oxygens (including phenoxy) is 2. The van der Waals surface area contributed by atoms with Crippen molar-refractivity contribution in [3.63, 3.8) is 0 Å². The van der Waals surface area contributed by atoms with Crippen LogP contribution >= 0.6 is 0 Å². The van der Waals surface area contributed by atoms with Crippen LogP contribution in [0.4, 0.5) is 0 Å². The van der Waals surface area contributed by atoms with Crippen molar-refractivity contribution in [3.8, 4) is 11.5 Å². The van der Waals surface area contributed by atoms with Crippen LogP contribution in [-0.2, 0) is 18.3 Å². The van der Waals surface area contributed by atoms with Crippen LogP contribution in [0.3, 0.4) is 0 Å². The van der Waals surface area contributed by atoms with Crippen LogP contribution in [0.15, 0.2) is 11.6 Å². The van der Waals surface area contributed by atoms with Crippen molar-refractivity contribution in [2.75, 3.05) is 13.4 Å². The van der Waals surface area contributed by atoms with Gasteiger partial charge < -0.3 is 14.6 Å². The van der Waals surface area contributed by atoms with Gasteiger partial charge in [0.15, 0.2) is 11.5 Å². The zero-order chi connectivity index (χ0) is 15.9. The van der Waals surface area contributed by atoms with Crippen molar-refractivity contribution in [2.45, 2.75) is 58.8 Å². The van der Waals surface area contributed by atoms with Gasteiger partial charge in [0, 0.05) is 11.1 Å². The summed E-state index contributed by atoms with van der Waals surface area (Å²) in [5, 5.41) is 9.11. The predicted octanol–water partition coefficient (Wildman–Crippen LogP) is 3.82. The summed E-state index contributed by atoms with van der Waals surface area (Å²) in [4.78, 5) is 0. The van der Waals surface area contributed by atoms with Crippen molar-refractivity contribution in [1.82, 2.24) is 0 Å². The highest BCUT2D eigenvalue weighted by Gasteiger charge is 2.37. The summed E-state index contributed by atoms with van der Waals surface area (Å²) >= 11 is 0. The topological polar surface area (TPSA) is 38.7 Å². The van der Waals surface area contributed by atoms with Crippen LogP contribution in [0.2, 0.25) is 0 Å². The molecule has 0 unspecified atom stereocenters. The second-order valence-corrected chi connectivity index (χ2v) is 7.17. The Labute approximate surface area is 132 Å². The molecule has 1 N–H and O–H groups in total. The van der Waals surface area contributed by atoms with E-state index < -0.39 is 0 Å². The summed E-state index contributed by atoms with van der Waals surface area (Å²) in [5.74, 6) is 1.90. The molecule has 1 aromatic carbocycles. The lowest BCUT2D eigenvalue weighted by Crippen LogP contribution is -2.25. The van der Waals surface area contributed by atoms with E-state index in [4.69, 9.17) is 14.6 Å².